The fourth-order valence-corrected chi connectivity index (χ4v) is 9.63. The number of amides is 1. The van der Waals surface area contributed by atoms with Gasteiger partial charge in [-0.25, -0.2) is 4.39 Å². The molecule has 2 fully saturated rings. The van der Waals surface area contributed by atoms with E-state index < -0.39 is 27.3 Å². The number of pyridine rings is 1. The van der Waals surface area contributed by atoms with E-state index in [0.29, 0.717) is 30.5 Å². The number of sulfonamides is 1. The monoisotopic (exact) mass is 591 g/mol. The molecule has 0 bridgehead atoms. The van der Waals surface area contributed by atoms with Crippen LogP contribution in [0.4, 0.5) is 10.1 Å². The Labute approximate surface area is 246 Å². The number of fused-ring (bicyclic) bond motifs is 2. The van der Waals surface area contributed by atoms with Crippen LogP contribution in [0.2, 0.25) is 0 Å². The number of benzene rings is 2. The second kappa shape index (κ2) is 11.0. The van der Waals surface area contributed by atoms with Gasteiger partial charge in [-0.1, -0.05) is 12.1 Å². The summed E-state index contributed by atoms with van der Waals surface area (Å²) in [5, 5.41) is 6.43. The first kappa shape index (κ1) is 28.7. The molecule has 3 aliphatic heterocycles. The van der Waals surface area contributed by atoms with Crippen LogP contribution in [0.1, 0.15) is 46.4 Å². The maximum absolute atomic E-state index is 14.9. The summed E-state index contributed by atoms with van der Waals surface area (Å²) in [6.45, 7) is 8.29. The van der Waals surface area contributed by atoms with Crippen LogP contribution >= 0.6 is 0 Å². The number of hydrogen-bond donors (Lipinski definition) is 2. The van der Waals surface area contributed by atoms with Gasteiger partial charge in [0.1, 0.15) is 30.0 Å². The third-order valence-corrected chi connectivity index (χ3v) is 11.8. The normalized spacial score (nSPS) is 23.2. The predicted molar refractivity (Wildman–Crippen MR) is 159 cm³/mol. The number of carbonyl (C=O) groups is 1. The van der Waals surface area contributed by atoms with Crippen LogP contribution in [-0.2, 0) is 26.7 Å². The van der Waals surface area contributed by atoms with Gasteiger partial charge in [0.25, 0.3) is 5.91 Å². The van der Waals surface area contributed by atoms with Gasteiger partial charge in [0.05, 0.1) is 17.7 Å². The zero-order chi connectivity index (χ0) is 29.5. The van der Waals surface area contributed by atoms with E-state index in [1.165, 1.54) is 24.3 Å². The molecule has 2 aromatic carbocycles. The number of piperidine rings is 1. The van der Waals surface area contributed by atoms with Gasteiger partial charge < -0.3 is 15.4 Å². The lowest BCUT2D eigenvalue weighted by Gasteiger charge is -2.50. The highest BCUT2D eigenvalue weighted by atomic mass is 32.2. The van der Waals surface area contributed by atoms with Crippen molar-refractivity contribution >= 4 is 21.6 Å². The number of quaternary nitrogens is 1. The fourth-order valence-electron chi connectivity index (χ4n) is 7.25. The van der Waals surface area contributed by atoms with E-state index >= 15 is 0 Å². The summed E-state index contributed by atoms with van der Waals surface area (Å²) in [5.74, 6) is -0.742. The van der Waals surface area contributed by atoms with Gasteiger partial charge in [-0.2, -0.15) is 12.3 Å². The van der Waals surface area contributed by atoms with Crippen molar-refractivity contribution in [1.29, 1.82) is 0 Å². The molecule has 3 aromatic rings. The minimum Gasteiger partial charge on any atom is -0.369 e. The quantitative estimate of drug-likeness (QED) is 0.302. The smallest absolute Gasteiger partial charge is 0.332 e. The van der Waals surface area contributed by atoms with Crippen molar-refractivity contribution in [2.24, 2.45) is 0 Å². The average molecular weight is 592 g/mol. The molecule has 42 heavy (non-hydrogen) atoms. The number of hydrogen-bond acceptors (Lipinski definition) is 6. The van der Waals surface area contributed by atoms with E-state index in [-0.39, 0.29) is 40.5 Å². The molecule has 220 valence electrons. The summed E-state index contributed by atoms with van der Waals surface area (Å²) in [7, 11) is -4.11. The van der Waals surface area contributed by atoms with E-state index in [0.717, 1.165) is 29.9 Å². The fraction of sp³-hybridized carbons (Fsp3) is 0.375. The Morgan fingerprint density at radius 1 is 1.19 bits per heavy atom. The van der Waals surface area contributed by atoms with Gasteiger partial charge in [0.15, 0.2) is 11.7 Å². The molecule has 8 nitrogen and oxygen atoms in total. The van der Waals surface area contributed by atoms with E-state index in [4.69, 9.17) is 4.74 Å². The number of rotatable bonds is 8. The van der Waals surface area contributed by atoms with E-state index in [1.807, 2.05) is 31.2 Å². The first-order valence-electron chi connectivity index (χ1n) is 14.4. The minimum absolute atomic E-state index is 0.0642. The lowest BCUT2D eigenvalue weighted by atomic mass is 9.68. The molecular formula is C32H36FN4O4S+. The molecule has 2 saturated heterocycles. The summed E-state index contributed by atoms with van der Waals surface area (Å²) < 4.78 is 49.1. The molecule has 0 aliphatic carbocycles. The second-order valence-corrected chi connectivity index (χ2v) is 13.5. The molecule has 0 saturated carbocycles. The first-order valence-corrected chi connectivity index (χ1v) is 15.8. The van der Waals surface area contributed by atoms with Crippen molar-refractivity contribution in [2.45, 2.75) is 55.1 Å². The third-order valence-electron chi connectivity index (χ3n) is 9.36. The molecule has 10 heteroatoms. The Hall–Kier alpha value is -3.44. The number of aryl methyl sites for hydroxylation is 1. The Morgan fingerprint density at radius 3 is 2.57 bits per heavy atom. The Bertz CT molecular complexity index is 1620. The van der Waals surface area contributed by atoms with Gasteiger partial charge >= 0.3 is 10.0 Å². The molecule has 4 heterocycles. The molecule has 1 aromatic heterocycles. The zero-order valence-electron chi connectivity index (χ0n) is 23.7. The van der Waals surface area contributed by atoms with Crippen molar-refractivity contribution in [2.75, 3.05) is 26.3 Å². The average Bonchev–Trinajstić information content (AvgIpc) is 3.18. The van der Waals surface area contributed by atoms with Crippen molar-refractivity contribution in [3.05, 3.63) is 102 Å². The highest BCUT2D eigenvalue weighted by Gasteiger charge is 2.70. The van der Waals surface area contributed by atoms with Gasteiger partial charge in [-0.05, 0) is 80.9 Å². The largest absolute Gasteiger partial charge is 0.369 e. The number of nitrogens with one attached hydrogen (secondary N) is 2. The molecule has 1 spiro atoms. The van der Waals surface area contributed by atoms with Gasteiger partial charge in [-0.15, -0.1) is 6.58 Å². The van der Waals surface area contributed by atoms with Crippen LogP contribution in [0.25, 0.3) is 0 Å². The van der Waals surface area contributed by atoms with Crippen molar-refractivity contribution in [3.8, 4) is 0 Å². The standard InChI is InChI=1S/C32H35FN4O4S/c1-3-5-30-32(13-16-34-17-14-32)27-18-23(31(38)36-19-28-22(2)6-4-15-35-28)7-12-29(27)37(30,25-20-41-21-25)42(39,40)26-10-8-24(33)9-11-26/h3-4,6-12,15,18,25,30,34H,1,5,13-14,16-17,19-21H2,2H3/p+1. The Kier molecular flexibility index (Phi) is 7.51. The summed E-state index contributed by atoms with van der Waals surface area (Å²) in [5.41, 5.74) is 3.28. The van der Waals surface area contributed by atoms with E-state index in [9.17, 15) is 17.6 Å². The molecule has 2 atom stereocenters. The summed E-state index contributed by atoms with van der Waals surface area (Å²) in [6, 6.07) is 13.6. The van der Waals surface area contributed by atoms with Crippen LogP contribution < -0.4 is 14.5 Å². The van der Waals surface area contributed by atoms with Crippen molar-refractivity contribution in [3.63, 3.8) is 0 Å². The highest BCUT2D eigenvalue weighted by molar-refractivity contribution is 7.91. The highest BCUT2D eigenvalue weighted by Crippen LogP contribution is 2.59. The lowest BCUT2D eigenvalue weighted by molar-refractivity contribution is -0.0485. The van der Waals surface area contributed by atoms with Gasteiger partial charge in [0, 0.05) is 29.8 Å². The molecule has 0 radical (unpaired) electrons. The second-order valence-electron chi connectivity index (χ2n) is 11.5. The summed E-state index contributed by atoms with van der Waals surface area (Å²) >= 11 is 0. The SMILES string of the molecule is C=CCC1C2(CCNCC2)c2cc(C(=O)NCc3ncccc3C)ccc2[N+]1(C1COC1)S(=O)(=O)c1ccc(F)cc1. The minimum atomic E-state index is -4.11. The Balaban J connectivity index is 1.52. The van der Waals surface area contributed by atoms with Crippen LogP contribution in [0, 0.1) is 12.7 Å². The van der Waals surface area contributed by atoms with Crippen LogP contribution in [0.15, 0.2) is 78.3 Å². The van der Waals surface area contributed by atoms with Gasteiger partial charge in [0.2, 0.25) is 0 Å². The molecule has 2 N–H and O–H groups in total. The molecular weight excluding hydrogens is 555 g/mol. The van der Waals surface area contributed by atoms with Gasteiger partial charge in [-0.3, -0.25) is 9.78 Å². The topological polar surface area (TPSA) is 97.4 Å². The van der Waals surface area contributed by atoms with Crippen LogP contribution in [-0.4, -0.2) is 57.7 Å². The van der Waals surface area contributed by atoms with Crippen molar-refractivity contribution < 1.29 is 22.3 Å². The summed E-state index contributed by atoms with van der Waals surface area (Å²) in [6.07, 6.45) is 5.38. The summed E-state index contributed by atoms with van der Waals surface area (Å²) in [4.78, 5) is 17.9. The number of aromatic nitrogens is 1. The van der Waals surface area contributed by atoms with Crippen LogP contribution in [0.3, 0.4) is 0 Å². The molecule has 2 unspecified atom stereocenters. The number of ether oxygens (including phenoxy) is 1. The number of halogens is 1. The van der Waals surface area contributed by atoms with Crippen molar-refractivity contribution in [1.82, 2.24) is 19.5 Å². The van der Waals surface area contributed by atoms with Crippen LogP contribution in [0.5, 0.6) is 0 Å². The molecule has 1 amide bonds. The maximum Gasteiger partial charge on any atom is 0.332 e. The molecule has 6 rings (SSSR count). The predicted octanol–water partition coefficient (Wildman–Crippen LogP) is 4.13. The zero-order valence-corrected chi connectivity index (χ0v) is 24.5. The maximum atomic E-state index is 14.9. The Morgan fingerprint density at radius 2 is 1.93 bits per heavy atom. The first-order chi connectivity index (χ1) is 20.3. The molecule has 3 aliphatic rings. The van der Waals surface area contributed by atoms with E-state index in [1.54, 1.807) is 18.3 Å². The lowest BCUT2D eigenvalue weighted by Crippen LogP contribution is -2.72. The number of carbonyl (C=O) groups excluding carboxylic acids is 1. The number of nitrogens with zero attached hydrogens (tertiary/aromatic N) is 2. The van der Waals surface area contributed by atoms with E-state index in [2.05, 4.69) is 22.2 Å². The third kappa shape index (κ3) is 4.31.